The number of halogens is 1. The Balaban J connectivity index is 2.84. The van der Waals surface area contributed by atoms with Crippen molar-refractivity contribution in [2.45, 2.75) is 5.16 Å². The van der Waals surface area contributed by atoms with Gasteiger partial charge in [-0.3, -0.25) is 5.14 Å². The summed E-state index contributed by atoms with van der Waals surface area (Å²) in [6.07, 6.45) is 0. The zero-order valence-electron chi connectivity index (χ0n) is 3.67. The molecule has 0 saturated heterocycles. The van der Waals surface area contributed by atoms with Crippen molar-refractivity contribution in [1.82, 2.24) is 9.36 Å². The molecule has 0 aliphatic carbocycles. The molecule has 0 aliphatic rings. The van der Waals surface area contributed by atoms with Gasteiger partial charge < -0.3 is 0 Å². The molecule has 44 valence electrons. The number of aromatic nitrogens is 2. The normalized spacial score (nSPS) is 9.75. The molecule has 1 aromatic heterocycles. The smallest absolute Gasteiger partial charge is 0.216 e. The molecule has 8 heavy (non-hydrogen) atoms. The van der Waals surface area contributed by atoms with Gasteiger partial charge in [-0.2, -0.15) is 9.36 Å². The molecule has 0 atom stereocenters. The van der Waals surface area contributed by atoms with Crippen LogP contribution in [0.1, 0.15) is 0 Å². The van der Waals surface area contributed by atoms with E-state index in [0.717, 1.165) is 23.5 Å². The minimum absolute atomic E-state index is 0.429. The first kappa shape index (κ1) is 6.28. The fourth-order valence-corrected chi connectivity index (χ4v) is 1.28. The third-order valence-corrected chi connectivity index (χ3v) is 1.79. The monoisotopic (exact) mass is 167 g/mol. The van der Waals surface area contributed by atoms with Gasteiger partial charge in [0.25, 0.3) is 0 Å². The van der Waals surface area contributed by atoms with E-state index < -0.39 is 0 Å². The fourth-order valence-electron chi connectivity index (χ4n) is 0.241. The molecule has 0 fully saturated rings. The van der Waals surface area contributed by atoms with Gasteiger partial charge in [-0.1, -0.05) is 0 Å². The van der Waals surface area contributed by atoms with Crippen LogP contribution in [0.3, 0.4) is 0 Å². The average molecular weight is 168 g/mol. The van der Waals surface area contributed by atoms with Crippen molar-refractivity contribution in [3.63, 3.8) is 0 Å². The molecule has 0 aromatic carbocycles. The summed E-state index contributed by atoms with van der Waals surface area (Å²) in [5.74, 6) is 0. The Hall–Kier alpha value is 0.160. The summed E-state index contributed by atoms with van der Waals surface area (Å²) in [7, 11) is 0. The third kappa shape index (κ3) is 1.32. The topological polar surface area (TPSA) is 51.8 Å². The van der Waals surface area contributed by atoms with Crippen molar-refractivity contribution in [2.75, 3.05) is 0 Å². The van der Waals surface area contributed by atoms with Crippen LogP contribution in [0.15, 0.2) is 5.16 Å². The highest BCUT2D eigenvalue weighted by Gasteiger charge is 1.96. The van der Waals surface area contributed by atoms with E-state index in [1.54, 1.807) is 0 Å². The molecule has 3 nitrogen and oxygen atoms in total. The summed E-state index contributed by atoms with van der Waals surface area (Å²) in [5.41, 5.74) is 0. The molecule has 2 N–H and O–H groups in total. The van der Waals surface area contributed by atoms with Crippen molar-refractivity contribution in [3.05, 3.63) is 4.47 Å². The largest absolute Gasteiger partial charge is 0.271 e. The molecule has 1 aromatic rings. The highest BCUT2D eigenvalue weighted by molar-refractivity contribution is 7.97. The van der Waals surface area contributed by atoms with Crippen LogP contribution in [0.5, 0.6) is 0 Å². The first-order valence-corrected chi connectivity index (χ1v) is 3.72. The van der Waals surface area contributed by atoms with Crippen LogP contribution < -0.4 is 5.14 Å². The minimum atomic E-state index is 0.429. The Morgan fingerprint density at radius 2 is 2.50 bits per heavy atom. The summed E-state index contributed by atoms with van der Waals surface area (Å²) < 4.78 is 4.20. The third-order valence-electron chi connectivity index (χ3n) is 0.488. The number of hydrogen-bond donors (Lipinski definition) is 1. The highest BCUT2D eigenvalue weighted by Crippen LogP contribution is 2.14. The van der Waals surface area contributed by atoms with Gasteiger partial charge in [0.2, 0.25) is 9.62 Å². The Morgan fingerprint density at radius 3 is 2.75 bits per heavy atom. The van der Waals surface area contributed by atoms with Crippen LogP contribution in [-0.2, 0) is 0 Å². The fraction of sp³-hybridized carbons (Fsp3) is 0. The molecular formula is C2H2ClN3S2. The summed E-state index contributed by atoms with van der Waals surface area (Å²) in [5, 5.41) is 5.63. The second kappa shape index (κ2) is 2.63. The molecule has 6 heteroatoms. The maximum Gasteiger partial charge on any atom is 0.216 e. The maximum atomic E-state index is 5.42. The van der Waals surface area contributed by atoms with E-state index in [-0.39, 0.29) is 0 Å². The van der Waals surface area contributed by atoms with Crippen LogP contribution >= 0.6 is 35.1 Å². The van der Waals surface area contributed by atoms with Crippen molar-refractivity contribution in [1.29, 1.82) is 0 Å². The zero-order chi connectivity index (χ0) is 5.98. The standard InChI is InChI=1S/C2H2ClN3S2/c3-1-5-2(7-4)6-8-1/h4H2. The maximum absolute atomic E-state index is 5.42. The number of nitrogens with zero attached hydrogens (tertiary/aromatic N) is 2. The van der Waals surface area contributed by atoms with Crippen molar-refractivity contribution >= 4 is 35.1 Å². The lowest BCUT2D eigenvalue weighted by molar-refractivity contribution is 1.08. The molecule has 0 aliphatic heterocycles. The van der Waals surface area contributed by atoms with Crippen LogP contribution in [-0.4, -0.2) is 9.36 Å². The van der Waals surface area contributed by atoms with Crippen molar-refractivity contribution < 1.29 is 0 Å². The number of rotatable bonds is 1. The van der Waals surface area contributed by atoms with Gasteiger partial charge in [-0.25, -0.2) is 0 Å². The van der Waals surface area contributed by atoms with E-state index in [1.807, 2.05) is 0 Å². The first-order valence-electron chi connectivity index (χ1n) is 1.69. The molecule has 1 heterocycles. The van der Waals surface area contributed by atoms with Crippen molar-refractivity contribution in [3.8, 4) is 0 Å². The first-order chi connectivity index (χ1) is 3.83. The molecule has 0 saturated carbocycles. The predicted octanol–water partition coefficient (Wildman–Crippen LogP) is 1.16. The SMILES string of the molecule is NSc1nsc(Cl)n1. The van der Waals surface area contributed by atoms with Gasteiger partial charge in [0.15, 0.2) is 0 Å². The second-order valence-corrected chi connectivity index (χ2v) is 2.88. The minimum Gasteiger partial charge on any atom is -0.271 e. The Morgan fingerprint density at radius 1 is 1.75 bits per heavy atom. The second-order valence-electron chi connectivity index (χ2n) is 0.948. The molecule has 0 spiro atoms. The lowest BCUT2D eigenvalue weighted by Crippen LogP contribution is -1.79. The molecule has 0 unspecified atom stereocenters. The van der Waals surface area contributed by atoms with Crippen LogP contribution in [0, 0.1) is 0 Å². The summed E-state index contributed by atoms with van der Waals surface area (Å²) in [6.45, 7) is 0. The van der Waals surface area contributed by atoms with E-state index in [9.17, 15) is 0 Å². The molecule has 1 rings (SSSR count). The van der Waals surface area contributed by atoms with Crippen molar-refractivity contribution in [2.24, 2.45) is 5.14 Å². The molecule has 0 bridgehead atoms. The molecule has 0 radical (unpaired) electrons. The summed E-state index contributed by atoms with van der Waals surface area (Å²) in [6, 6.07) is 0. The Labute approximate surface area is 59.6 Å². The van der Waals surface area contributed by atoms with Crippen LogP contribution in [0.4, 0.5) is 0 Å². The van der Waals surface area contributed by atoms with Gasteiger partial charge in [-0.05, 0) is 35.1 Å². The molecule has 0 amide bonds. The van der Waals surface area contributed by atoms with E-state index in [0.29, 0.717) is 9.62 Å². The van der Waals surface area contributed by atoms with Gasteiger partial charge >= 0.3 is 0 Å². The lowest BCUT2D eigenvalue weighted by Gasteiger charge is -1.75. The number of nitrogens with two attached hydrogens (primary N) is 1. The lowest BCUT2D eigenvalue weighted by atomic mass is 11.3. The Bertz CT molecular complexity index is 176. The summed E-state index contributed by atoms with van der Waals surface area (Å²) >= 11 is 7.54. The predicted molar refractivity (Wildman–Crippen MR) is 35.0 cm³/mol. The average Bonchev–Trinajstić information content (AvgIpc) is 2.14. The van der Waals surface area contributed by atoms with Gasteiger partial charge in [-0.15, -0.1) is 0 Å². The zero-order valence-corrected chi connectivity index (χ0v) is 6.06. The number of hydrogen-bond acceptors (Lipinski definition) is 5. The highest BCUT2D eigenvalue weighted by atomic mass is 35.5. The van der Waals surface area contributed by atoms with E-state index in [4.69, 9.17) is 16.7 Å². The van der Waals surface area contributed by atoms with E-state index >= 15 is 0 Å². The van der Waals surface area contributed by atoms with Gasteiger partial charge in [0.1, 0.15) is 0 Å². The van der Waals surface area contributed by atoms with Crippen LogP contribution in [0.25, 0.3) is 0 Å². The summed E-state index contributed by atoms with van der Waals surface area (Å²) in [4.78, 5) is 3.74. The van der Waals surface area contributed by atoms with E-state index in [1.165, 1.54) is 0 Å². The van der Waals surface area contributed by atoms with Gasteiger partial charge in [0.05, 0.1) is 0 Å². The quantitative estimate of drug-likeness (QED) is 0.638. The van der Waals surface area contributed by atoms with Crippen LogP contribution in [0.2, 0.25) is 4.47 Å². The molecular weight excluding hydrogens is 166 g/mol. The van der Waals surface area contributed by atoms with E-state index in [2.05, 4.69) is 9.36 Å². The Kier molecular flexibility index (Phi) is 2.07. The van der Waals surface area contributed by atoms with Gasteiger partial charge in [0, 0.05) is 0 Å².